The van der Waals surface area contributed by atoms with Gasteiger partial charge in [-0.05, 0) is 38.0 Å². The van der Waals surface area contributed by atoms with Crippen LogP contribution >= 0.6 is 0 Å². The molecule has 3 aliphatic heterocycles. The molecule has 4 aliphatic rings. The van der Waals surface area contributed by atoms with E-state index < -0.39 is 24.2 Å². The lowest BCUT2D eigenvalue weighted by Crippen LogP contribution is -2.58. The Labute approximate surface area is 181 Å². The topological polar surface area (TPSA) is 66.4 Å². The summed E-state index contributed by atoms with van der Waals surface area (Å²) in [6.07, 6.45) is -2.41. The van der Waals surface area contributed by atoms with Crippen molar-refractivity contribution >= 4 is 0 Å². The van der Waals surface area contributed by atoms with Crippen molar-refractivity contribution in [1.29, 1.82) is 5.26 Å². The zero-order chi connectivity index (χ0) is 22.0. The van der Waals surface area contributed by atoms with Gasteiger partial charge in [0.25, 0.3) is 0 Å². The van der Waals surface area contributed by atoms with Gasteiger partial charge in [0.2, 0.25) is 0 Å². The SMILES string of the molecule is N#CC1CC(C2NNCC2CN2CCN(C3CCC(C(F)(F)F)CN3)CC2)CCC1F. The van der Waals surface area contributed by atoms with Gasteiger partial charge in [-0.25, -0.2) is 4.39 Å². The Kier molecular flexibility index (Phi) is 7.38. The summed E-state index contributed by atoms with van der Waals surface area (Å²) in [6.45, 7) is 5.34. The molecule has 0 radical (unpaired) electrons. The number of halogens is 4. The Morgan fingerprint density at radius 3 is 2.42 bits per heavy atom. The Morgan fingerprint density at radius 2 is 1.77 bits per heavy atom. The summed E-state index contributed by atoms with van der Waals surface area (Å²) in [5, 5.41) is 12.3. The lowest BCUT2D eigenvalue weighted by Gasteiger charge is -2.43. The summed E-state index contributed by atoms with van der Waals surface area (Å²) in [6, 6.07) is 2.39. The van der Waals surface area contributed by atoms with Crippen LogP contribution in [-0.4, -0.2) is 80.2 Å². The molecule has 7 unspecified atom stereocenters. The monoisotopic (exact) mass is 446 g/mol. The number of rotatable bonds is 4. The lowest BCUT2D eigenvalue weighted by atomic mass is 9.74. The van der Waals surface area contributed by atoms with E-state index in [4.69, 9.17) is 0 Å². The van der Waals surface area contributed by atoms with Gasteiger partial charge in [0.1, 0.15) is 6.17 Å². The second-order valence-corrected chi connectivity index (χ2v) is 9.71. The molecular formula is C21H34F4N6. The maximum atomic E-state index is 13.9. The van der Waals surface area contributed by atoms with E-state index in [-0.39, 0.29) is 25.2 Å². The molecule has 0 spiro atoms. The zero-order valence-corrected chi connectivity index (χ0v) is 17.9. The molecule has 0 aromatic carbocycles. The van der Waals surface area contributed by atoms with E-state index in [0.29, 0.717) is 31.1 Å². The molecule has 1 aliphatic carbocycles. The van der Waals surface area contributed by atoms with Crippen LogP contribution in [0.2, 0.25) is 0 Å². The molecule has 4 rings (SSSR count). The normalized spacial score (nSPS) is 41.2. The summed E-state index contributed by atoms with van der Waals surface area (Å²) in [4.78, 5) is 4.72. The number of piperazine rings is 1. The zero-order valence-electron chi connectivity index (χ0n) is 17.9. The molecule has 0 bridgehead atoms. The first-order valence-corrected chi connectivity index (χ1v) is 11.6. The van der Waals surface area contributed by atoms with Gasteiger partial charge in [-0.2, -0.15) is 18.4 Å². The number of nitrogens with one attached hydrogen (secondary N) is 3. The number of nitrogens with zero attached hydrogens (tertiary/aromatic N) is 3. The van der Waals surface area contributed by atoms with Crippen LogP contribution in [0.1, 0.15) is 32.1 Å². The molecule has 0 amide bonds. The summed E-state index contributed by atoms with van der Waals surface area (Å²) in [5.41, 5.74) is 6.65. The first kappa shape index (κ1) is 23.2. The molecule has 0 aromatic heterocycles. The van der Waals surface area contributed by atoms with E-state index in [1.165, 1.54) is 0 Å². The van der Waals surface area contributed by atoms with Gasteiger partial charge >= 0.3 is 6.18 Å². The third-order valence-electron chi connectivity index (χ3n) is 7.81. The van der Waals surface area contributed by atoms with Crippen LogP contribution < -0.4 is 16.2 Å². The fourth-order valence-electron chi connectivity index (χ4n) is 5.88. The first-order chi connectivity index (χ1) is 14.8. The smallest absolute Gasteiger partial charge is 0.301 e. The van der Waals surface area contributed by atoms with Crippen LogP contribution in [0.15, 0.2) is 0 Å². The van der Waals surface area contributed by atoms with Gasteiger partial charge < -0.3 is 10.2 Å². The van der Waals surface area contributed by atoms with E-state index in [9.17, 15) is 22.8 Å². The fourth-order valence-corrected chi connectivity index (χ4v) is 5.88. The van der Waals surface area contributed by atoms with Crippen molar-refractivity contribution in [1.82, 2.24) is 26.0 Å². The number of hydrogen-bond acceptors (Lipinski definition) is 6. The minimum Gasteiger partial charge on any atom is -0.301 e. The van der Waals surface area contributed by atoms with Gasteiger partial charge in [-0.1, -0.05) is 0 Å². The molecule has 176 valence electrons. The second kappa shape index (κ2) is 9.87. The molecule has 10 heteroatoms. The minimum atomic E-state index is -4.10. The van der Waals surface area contributed by atoms with E-state index in [2.05, 4.69) is 32.0 Å². The van der Waals surface area contributed by atoms with E-state index in [1.54, 1.807) is 0 Å². The third-order valence-corrected chi connectivity index (χ3v) is 7.81. The number of hydrazine groups is 1. The van der Waals surface area contributed by atoms with Gasteiger partial charge in [0.15, 0.2) is 0 Å². The maximum absolute atomic E-state index is 13.9. The summed E-state index contributed by atoms with van der Waals surface area (Å²) in [5.74, 6) is -0.999. The quantitative estimate of drug-likeness (QED) is 0.573. The highest BCUT2D eigenvalue weighted by Crippen LogP contribution is 2.36. The number of hydrogen-bond donors (Lipinski definition) is 3. The number of piperidine rings is 1. The number of nitriles is 1. The predicted octanol–water partition coefficient (Wildman–Crippen LogP) is 1.86. The van der Waals surface area contributed by atoms with Crippen molar-refractivity contribution in [3.8, 4) is 6.07 Å². The predicted molar refractivity (Wildman–Crippen MR) is 108 cm³/mol. The van der Waals surface area contributed by atoms with Crippen LogP contribution in [0.3, 0.4) is 0 Å². The molecule has 7 atom stereocenters. The molecule has 0 aromatic rings. The van der Waals surface area contributed by atoms with Gasteiger partial charge in [-0.15, -0.1) is 0 Å². The Hall–Kier alpha value is -0.990. The van der Waals surface area contributed by atoms with Crippen molar-refractivity contribution in [3.05, 3.63) is 0 Å². The molecule has 1 saturated carbocycles. The van der Waals surface area contributed by atoms with Gasteiger partial charge in [0.05, 0.1) is 24.1 Å². The average molecular weight is 447 g/mol. The highest BCUT2D eigenvalue weighted by atomic mass is 19.4. The van der Waals surface area contributed by atoms with Crippen molar-refractivity contribution in [2.75, 3.05) is 45.8 Å². The van der Waals surface area contributed by atoms with E-state index in [0.717, 1.165) is 45.7 Å². The maximum Gasteiger partial charge on any atom is 0.393 e. The summed E-state index contributed by atoms with van der Waals surface area (Å²) in [7, 11) is 0. The van der Waals surface area contributed by atoms with Crippen LogP contribution in [0.4, 0.5) is 17.6 Å². The average Bonchev–Trinajstić information content (AvgIpc) is 3.22. The largest absolute Gasteiger partial charge is 0.393 e. The standard InChI is InChI=1S/C21H34F4N6/c22-18-3-1-14(9-15(18)10-26)20-16(11-28-29-20)13-30-5-7-31(8-6-30)19-4-2-17(12-27-19)21(23,24)25/h14-20,27-29H,1-9,11-13H2. The highest BCUT2D eigenvalue weighted by Gasteiger charge is 2.43. The molecule has 31 heavy (non-hydrogen) atoms. The van der Waals surface area contributed by atoms with Crippen molar-refractivity contribution in [2.45, 2.75) is 56.7 Å². The summed E-state index contributed by atoms with van der Waals surface area (Å²) < 4.78 is 52.5. The lowest BCUT2D eigenvalue weighted by molar-refractivity contribution is -0.182. The van der Waals surface area contributed by atoms with Crippen molar-refractivity contribution < 1.29 is 17.6 Å². The number of alkyl halides is 4. The Bertz CT molecular complexity index is 624. The van der Waals surface area contributed by atoms with Crippen LogP contribution in [0, 0.1) is 35.0 Å². The Morgan fingerprint density at radius 1 is 1.00 bits per heavy atom. The summed E-state index contributed by atoms with van der Waals surface area (Å²) >= 11 is 0. The van der Waals surface area contributed by atoms with Crippen LogP contribution in [0.5, 0.6) is 0 Å². The molecular weight excluding hydrogens is 412 g/mol. The molecule has 3 N–H and O–H groups in total. The van der Waals surface area contributed by atoms with E-state index in [1.807, 2.05) is 0 Å². The molecule has 3 heterocycles. The van der Waals surface area contributed by atoms with Crippen molar-refractivity contribution in [3.63, 3.8) is 0 Å². The molecule has 6 nitrogen and oxygen atoms in total. The molecule has 4 fully saturated rings. The van der Waals surface area contributed by atoms with Gasteiger partial charge in [0, 0.05) is 57.8 Å². The van der Waals surface area contributed by atoms with Crippen LogP contribution in [-0.2, 0) is 0 Å². The van der Waals surface area contributed by atoms with Crippen molar-refractivity contribution in [2.24, 2.45) is 23.7 Å². The van der Waals surface area contributed by atoms with Crippen LogP contribution in [0.25, 0.3) is 0 Å². The first-order valence-electron chi connectivity index (χ1n) is 11.6. The van der Waals surface area contributed by atoms with E-state index >= 15 is 0 Å². The minimum absolute atomic E-state index is 0.0142. The second-order valence-electron chi connectivity index (χ2n) is 9.71. The highest BCUT2D eigenvalue weighted by molar-refractivity contribution is 4.99. The molecule has 3 saturated heterocycles. The third kappa shape index (κ3) is 5.50. The Balaban J connectivity index is 1.22. The fraction of sp³-hybridized carbons (Fsp3) is 0.952. The van der Waals surface area contributed by atoms with Gasteiger partial charge in [-0.3, -0.25) is 15.8 Å².